The van der Waals surface area contributed by atoms with E-state index in [-0.39, 0.29) is 5.91 Å². The summed E-state index contributed by atoms with van der Waals surface area (Å²) < 4.78 is 13.7. The van der Waals surface area contributed by atoms with Gasteiger partial charge in [0.15, 0.2) is 0 Å². The summed E-state index contributed by atoms with van der Waals surface area (Å²) in [6.07, 6.45) is 0. The van der Waals surface area contributed by atoms with E-state index in [1.165, 1.54) is 18.2 Å². The molecule has 3 rings (SSSR count). The molecule has 1 aliphatic heterocycles. The lowest BCUT2D eigenvalue weighted by atomic mass is 10.1. The molecule has 0 spiro atoms. The Hall–Kier alpha value is -2.73. The lowest BCUT2D eigenvalue weighted by Gasteiger charge is -2.32. The molecule has 130 valence electrons. The molecule has 1 aliphatic rings. The first-order valence-corrected chi connectivity index (χ1v) is 8.16. The largest absolute Gasteiger partial charge is 0.361 e. The van der Waals surface area contributed by atoms with Gasteiger partial charge < -0.3 is 10.2 Å². The summed E-state index contributed by atoms with van der Waals surface area (Å²) in [6.45, 7) is 2.45. The van der Waals surface area contributed by atoms with Gasteiger partial charge >= 0.3 is 0 Å². The molecule has 1 amide bonds. The minimum atomic E-state index is -0.414. The average molecular weight is 340 g/mol. The number of hydrogen-bond donors (Lipinski definition) is 1. The number of carbonyl (C=O) groups is 1. The second-order valence-corrected chi connectivity index (χ2v) is 6.17. The molecule has 25 heavy (non-hydrogen) atoms. The molecule has 0 aromatic heterocycles. The maximum Gasteiger partial charge on any atom is 0.257 e. The molecule has 6 heteroatoms. The van der Waals surface area contributed by atoms with Crippen LogP contribution >= 0.6 is 0 Å². The lowest BCUT2D eigenvalue weighted by molar-refractivity contribution is 0.102. The van der Waals surface area contributed by atoms with Crippen molar-refractivity contribution >= 4 is 23.1 Å². The Bertz CT molecular complexity index is 791. The van der Waals surface area contributed by atoms with Gasteiger partial charge in [0.05, 0.1) is 17.8 Å². The number of amidine groups is 1. The van der Waals surface area contributed by atoms with E-state index in [0.29, 0.717) is 23.5 Å². The van der Waals surface area contributed by atoms with Crippen molar-refractivity contribution in [2.75, 3.05) is 39.0 Å². The van der Waals surface area contributed by atoms with E-state index in [1.54, 1.807) is 12.1 Å². The minimum absolute atomic E-state index is 0.308. The van der Waals surface area contributed by atoms with Crippen LogP contribution in [0.3, 0.4) is 0 Å². The Kier molecular flexibility index (Phi) is 5.09. The van der Waals surface area contributed by atoms with Crippen LogP contribution in [-0.2, 0) is 0 Å². The molecule has 0 bridgehead atoms. The number of likely N-dealkylation sites (N-methyl/N-ethyl adjacent to an activating group) is 2. The van der Waals surface area contributed by atoms with Gasteiger partial charge in [-0.25, -0.2) is 9.38 Å². The number of rotatable bonds is 3. The zero-order valence-corrected chi connectivity index (χ0v) is 14.4. The van der Waals surface area contributed by atoms with Crippen molar-refractivity contribution in [3.05, 3.63) is 59.9 Å². The monoisotopic (exact) mass is 340 g/mol. The lowest BCUT2D eigenvalue weighted by Crippen LogP contribution is -2.46. The molecule has 0 aliphatic carbocycles. The number of benzene rings is 2. The number of piperazine rings is 1. The van der Waals surface area contributed by atoms with Crippen LogP contribution in [-0.4, -0.2) is 55.3 Å². The molecule has 0 radical (unpaired) electrons. The normalized spacial score (nSPS) is 16.9. The second kappa shape index (κ2) is 7.44. The smallest absolute Gasteiger partial charge is 0.257 e. The highest BCUT2D eigenvalue weighted by Gasteiger charge is 2.19. The first kappa shape index (κ1) is 17.1. The predicted molar refractivity (Wildman–Crippen MR) is 98.0 cm³/mol. The van der Waals surface area contributed by atoms with Gasteiger partial charge in [-0.05, 0) is 31.3 Å². The first-order valence-electron chi connectivity index (χ1n) is 8.16. The van der Waals surface area contributed by atoms with Gasteiger partial charge in [-0.15, -0.1) is 0 Å². The number of nitrogens with one attached hydrogen (secondary N) is 1. The highest BCUT2D eigenvalue weighted by atomic mass is 19.1. The van der Waals surface area contributed by atoms with Crippen LogP contribution < -0.4 is 5.32 Å². The van der Waals surface area contributed by atoms with Crippen LogP contribution in [0.15, 0.2) is 53.5 Å². The highest BCUT2D eigenvalue weighted by molar-refractivity contribution is 6.08. The van der Waals surface area contributed by atoms with Crippen LogP contribution in [0, 0.1) is 5.82 Å². The molecule has 1 N–H and O–H groups in total. The predicted octanol–water partition coefficient (Wildman–Crippen LogP) is 2.99. The summed E-state index contributed by atoms with van der Waals surface area (Å²) in [7, 11) is 3.96. The molecular formula is C19H21FN4O. The van der Waals surface area contributed by atoms with Crippen molar-refractivity contribution in [3.63, 3.8) is 0 Å². The molecule has 0 atom stereocenters. The fourth-order valence-corrected chi connectivity index (χ4v) is 2.66. The summed E-state index contributed by atoms with van der Waals surface area (Å²) >= 11 is 0. The number of para-hydroxylation sites is 1. The molecule has 0 saturated carbocycles. The summed E-state index contributed by atoms with van der Waals surface area (Å²) in [4.78, 5) is 21.4. The van der Waals surface area contributed by atoms with Crippen molar-refractivity contribution in [1.82, 2.24) is 9.80 Å². The van der Waals surface area contributed by atoms with Gasteiger partial charge in [-0.2, -0.15) is 0 Å². The summed E-state index contributed by atoms with van der Waals surface area (Å²) in [5, 5.41) is 2.82. The number of halogens is 1. The van der Waals surface area contributed by atoms with E-state index < -0.39 is 5.82 Å². The Balaban J connectivity index is 1.91. The van der Waals surface area contributed by atoms with Crippen molar-refractivity contribution in [1.29, 1.82) is 0 Å². The Morgan fingerprint density at radius 3 is 2.64 bits per heavy atom. The average Bonchev–Trinajstić information content (AvgIpc) is 2.59. The Labute approximate surface area is 146 Å². The van der Waals surface area contributed by atoms with E-state index in [4.69, 9.17) is 0 Å². The topological polar surface area (TPSA) is 47.9 Å². The number of amides is 1. The van der Waals surface area contributed by atoms with Crippen LogP contribution in [0.25, 0.3) is 0 Å². The fraction of sp³-hybridized carbons (Fsp3) is 0.263. The number of aliphatic imine (C=N–C) groups is 1. The maximum atomic E-state index is 13.7. The van der Waals surface area contributed by atoms with E-state index in [9.17, 15) is 9.18 Å². The van der Waals surface area contributed by atoms with Gasteiger partial charge in [0, 0.05) is 31.9 Å². The van der Waals surface area contributed by atoms with E-state index >= 15 is 0 Å². The highest BCUT2D eigenvalue weighted by Crippen LogP contribution is 2.23. The van der Waals surface area contributed by atoms with E-state index in [1.807, 2.05) is 37.2 Å². The van der Waals surface area contributed by atoms with E-state index in [0.717, 1.165) is 18.9 Å². The minimum Gasteiger partial charge on any atom is -0.361 e. The quantitative estimate of drug-likeness (QED) is 0.934. The second-order valence-electron chi connectivity index (χ2n) is 6.17. The number of nitrogens with zero attached hydrogens (tertiary/aromatic N) is 3. The molecule has 2 aromatic carbocycles. The van der Waals surface area contributed by atoms with Gasteiger partial charge in [-0.1, -0.05) is 18.2 Å². The first-order chi connectivity index (χ1) is 12.0. The number of hydrogen-bond acceptors (Lipinski definition) is 3. The summed E-state index contributed by atoms with van der Waals surface area (Å²) in [5.74, 6) is 0.0907. The van der Waals surface area contributed by atoms with Crippen molar-refractivity contribution in [3.8, 4) is 0 Å². The van der Waals surface area contributed by atoms with Crippen molar-refractivity contribution in [2.24, 2.45) is 4.99 Å². The van der Waals surface area contributed by atoms with Gasteiger partial charge in [0.25, 0.3) is 5.91 Å². The zero-order valence-electron chi connectivity index (χ0n) is 14.4. The SMILES string of the molecule is CN1CCN(C)C(=Nc2cc(F)ccc2C(=O)Nc2ccccc2)C1. The summed E-state index contributed by atoms with van der Waals surface area (Å²) in [6, 6.07) is 13.2. The molecule has 0 unspecified atom stereocenters. The van der Waals surface area contributed by atoms with Crippen LogP contribution in [0.2, 0.25) is 0 Å². The molecule has 1 saturated heterocycles. The van der Waals surface area contributed by atoms with Crippen LogP contribution in [0.4, 0.5) is 15.8 Å². The standard InChI is InChI=1S/C19H21FN4O/c1-23-10-11-24(2)18(13-23)22-17-12-14(20)8-9-16(17)19(25)21-15-6-4-3-5-7-15/h3-9,12H,10-11,13H2,1-2H3,(H,21,25). The third kappa shape index (κ3) is 4.22. The third-order valence-electron chi connectivity index (χ3n) is 4.15. The van der Waals surface area contributed by atoms with Crippen molar-refractivity contribution < 1.29 is 9.18 Å². The Morgan fingerprint density at radius 1 is 1.12 bits per heavy atom. The Morgan fingerprint density at radius 2 is 1.88 bits per heavy atom. The molecular weight excluding hydrogens is 319 g/mol. The third-order valence-corrected chi connectivity index (χ3v) is 4.15. The van der Waals surface area contributed by atoms with Crippen molar-refractivity contribution in [2.45, 2.75) is 0 Å². The maximum absolute atomic E-state index is 13.7. The van der Waals surface area contributed by atoms with Gasteiger partial charge in [-0.3, -0.25) is 9.69 Å². The number of anilines is 1. The van der Waals surface area contributed by atoms with Crippen LogP contribution in [0.1, 0.15) is 10.4 Å². The molecule has 5 nitrogen and oxygen atoms in total. The van der Waals surface area contributed by atoms with Gasteiger partial charge in [0.1, 0.15) is 11.7 Å². The van der Waals surface area contributed by atoms with Gasteiger partial charge in [0.2, 0.25) is 0 Å². The molecule has 2 aromatic rings. The summed E-state index contributed by atoms with van der Waals surface area (Å²) in [5.41, 5.74) is 1.37. The fourth-order valence-electron chi connectivity index (χ4n) is 2.66. The molecule has 1 fully saturated rings. The molecule has 1 heterocycles. The zero-order chi connectivity index (χ0) is 17.8. The number of carbonyl (C=O) groups excluding carboxylic acids is 1. The van der Waals surface area contributed by atoms with Crippen LogP contribution in [0.5, 0.6) is 0 Å². The van der Waals surface area contributed by atoms with E-state index in [2.05, 4.69) is 15.2 Å².